The number of carbonyl (C=O) groups is 1. The van der Waals surface area contributed by atoms with E-state index < -0.39 is 11.5 Å². The number of rotatable bonds is 7. The fourth-order valence-electron chi connectivity index (χ4n) is 1.75. The minimum Gasteiger partial charge on any atom is -0.480 e. The minimum absolute atomic E-state index is 0.451. The van der Waals surface area contributed by atoms with Gasteiger partial charge in [-0.25, -0.2) is 0 Å². The van der Waals surface area contributed by atoms with E-state index in [1.165, 1.54) is 12.8 Å². The summed E-state index contributed by atoms with van der Waals surface area (Å²) in [5.74, 6) is -0.138. The van der Waals surface area contributed by atoms with Gasteiger partial charge in [0.1, 0.15) is 5.54 Å². The fourth-order valence-corrected chi connectivity index (χ4v) is 1.75. The van der Waals surface area contributed by atoms with Gasteiger partial charge in [-0.2, -0.15) is 0 Å². The maximum absolute atomic E-state index is 10.9. The highest BCUT2D eigenvalue weighted by Crippen LogP contribution is 2.30. The van der Waals surface area contributed by atoms with Crippen LogP contribution >= 0.6 is 0 Å². The predicted molar refractivity (Wildman–Crippen MR) is 59.7 cm³/mol. The molecule has 1 atom stereocenters. The standard InChI is InChI=1S/C11H22N2O2/c1-3-6-13(7-9-4-5-9)8-11(2,12)10(14)15/h9H,3-8,12H2,1-2H3,(H,14,15). The first-order valence-electron chi connectivity index (χ1n) is 5.70. The summed E-state index contributed by atoms with van der Waals surface area (Å²) < 4.78 is 0. The molecule has 1 rings (SSSR count). The molecule has 1 fully saturated rings. The molecule has 1 aliphatic rings. The van der Waals surface area contributed by atoms with Gasteiger partial charge in [0.05, 0.1) is 0 Å². The van der Waals surface area contributed by atoms with Crippen LogP contribution in [-0.4, -0.2) is 41.1 Å². The third kappa shape index (κ3) is 4.18. The zero-order chi connectivity index (χ0) is 11.5. The quantitative estimate of drug-likeness (QED) is 0.661. The van der Waals surface area contributed by atoms with Gasteiger partial charge in [-0.1, -0.05) is 6.92 Å². The van der Waals surface area contributed by atoms with Crippen molar-refractivity contribution in [3.8, 4) is 0 Å². The maximum atomic E-state index is 10.9. The van der Waals surface area contributed by atoms with Crippen molar-refractivity contribution in [2.24, 2.45) is 11.7 Å². The molecule has 0 aliphatic heterocycles. The van der Waals surface area contributed by atoms with E-state index in [9.17, 15) is 4.79 Å². The lowest BCUT2D eigenvalue weighted by molar-refractivity contribution is -0.143. The Kier molecular flexibility index (Phi) is 4.11. The molecule has 1 saturated carbocycles. The molecule has 0 bridgehead atoms. The Labute approximate surface area is 91.4 Å². The van der Waals surface area contributed by atoms with Crippen LogP contribution in [0.15, 0.2) is 0 Å². The highest BCUT2D eigenvalue weighted by atomic mass is 16.4. The summed E-state index contributed by atoms with van der Waals surface area (Å²) in [5, 5.41) is 8.96. The van der Waals surface area contributed by atoms with Gasteiger partial charge >= 0.3 is 5.97 Å². The van der Waals surface area contributed by atoms with Gasteiger partial charge < -0.3 is 15.7 Å². The van der Waals surface area contributed by atoms with E-state index >= 15 is 0 Å². The SMILES string of the molecule is CCCN(CC1CC1)CC(C)(N)C(=O)O. The van der Waals surface area contributed by atoms with Gasteiger partial charge in [0, 0.05) is 13.1 Å². The topological polar surface area (TPSA) is 66.6 Å². The first-order chi connectivity index (χ1) is 6.95. The fraction of sp³-hybridized carbons (Fsp3) is 0.909. The van der Waals surface area contributed by atoms with Crippen LogP contribution in [0.25, 0.3) is 0 Å². The summed E-state index contributed by atoms with van der Waals surface area (Å²) in [7, 11) is 0. The lowest BCUT2D eigenvalue weighted by Crippen LogP contribution is -2.54. The predicted octanol–water partition coefficient (Wildman–Crippen LogP) is 0.910. The molecule has 15 heavy (non-hydrogen) atoms. The summed E-state index contributed by atoms with van der Waals surface area (Å²) in [5.41, 5.74) is 4.62. The third-order valence-electron chi connectivity index (χ3n) is 2.79. The van der Waals surface area contributed by atoms with Crippen molar-refractivity contribution in [3.05, 3.63) is 0 Å². The summed E-state index contributed by atoms with van der Waals surface area (Å²) >= 11 is 0. The van der Waals surface area contributed by atoms with Crippen molar-refractivity contribution in [1.29, 1.82) is 0 Å². The number of nitrogens with two attached hydrogens (primary N) is 1. The lowest BCUT2D eigenvalue weighted by atomic mass is 10.0. The van der Waals surface area contributed by atoms with Gasteiger partial charge in [-0.3, -0.25) is 4.79 Å². The second-order valence-electron chi connectivity index (χ2n) is 4.90. The highest BCUT2D eigenvalue weighted by Gasteiger charge is 2.32. The number of carboxylic acid groups (broad SMARTS) is 1. The maximum Gasteiger partial charge on any atom is 0.324 e. The zero-order valence-corrected chi connectivity index (χ0v) is 9.70. The molecule has 0 radical (unpaired) electrons. The first-order valence-corrected chi connectivity index (χ1v) is 5.70. The van der Waals surface area contributed by atoms with Crippen LogP contribution in [0.2, 0.25) is 0 Å². The summed E-state index contributed by atoms with van der Waals surface area (Å²) in [6.07, 6.45) is 3.62. The monoisotopic (exact) mass is 214 g/mol. The number of aliphatic carboxylic acids is 1. The lowest BCUT2D eigenvalue weighted by Gasteiger charge is -2.29. The molecular formula is C11H22N2O2. The third-order valence-corrected chi connectivity index (χ3v) is 2.79. The first kappa shape index (κ1) is 12.5. The smallest absolute Gasteiger partial charge is 0.324 e. The molecule has 0 aromatic heterocycles. The van der Waals surface area contributed by atoms with Crippen molar-refractivity contribution in [2.45, 2.75) is 38.6 Å². The Balaban J connectivity index is 2.44. The molecular weight excluding hydrogens is 192 g/mol. The average Bonchev–Trinajstić information content (AvgIpc) is 2.87. The number of hydrogen-bond donors (Lipinski definition) is 2. The molecule has 0 aromatic rings. The Bertz CT molecular complexity index is 225. The van der Waals surface area contributed by atoms with Crippen LogP contribution in [0.4, 0.5) is 0 Å². The van der Waals surface area contributed by atoms with Crippen LogP contribution in [0, 0.1) is 5.92 Å². The summed E-state index contributed by atoms with van der Waals surface area (Å²) in [4.78, 5) is 13.1. The number of nitrogens with zero attached hydrogens (tertiary/aromatic N) is 1. The molecule has 4 nitrogen and oxygen atoms in total. The van der Waals surface area contributed by atoms with E-state index in [1.807, 2.05) is 0 Å². The largest absolute Gasteiger partial charge is 0.480 e. The zero-order valence-electron chi connectivity index (χ0n) is 9.70. The van der Waals surface area contributed by atoms with E-state index in [1.54, 1.807) is 6.92 Å². The number of carboxylic acids is 1. The van der Waals surface area contributed by atoms with E-state index in [0.717, 1.165) is 25.4 Å². The van der Waals surface area contributed by atoms with Gasteiger partial charge in [0.25, 0.3) is 0 Å². The second-order valence-corrected chi connectivity index (χ2v) is 4.90. The molecule has 0 amide bonds. The molecule has 0 spiro atoms. The Morgan fingerprint density at radius 2 is 2.20 bits per heavy atom. The molecule has 1 aliphatic carbocycles. The average molecular weight is 214 g/mol. The van der Waals surface area contributed by atoms with Crippen molar-refractivity contribution >= 4 is 5.97 Å². The van der Waals surface area contributed by atoms with E-state index in [-0.39, 0.29) is 0 Å². The van der Waals surface area contributed by atoms with Crippen molar-refractivity contribution in [1.82, 2.24) is 4.90 Å². The molecule has 4 heteroatoms. The van der Waals surface area contributed by atoms with Gasteiger partial charge in [-0.15, -0.1) is 0 Å². The van der Waals surface area contributed by atoms with Gasteiger partial charge in [0.15, 0.2) is 0 Å². The van der Waals surface area contributed by atoms with Crippen LogP contribution in [-0.2, 0) is 4.79 Å². The van der Waals surface area contributed by atoms with Crippen LogP contribution in [0.3, 0.4) is 0 Å². The molecule has 1 unspecified atom stereocenters. The Morgan fingerprint density at radius 1 is 1.60 bits per heavy atom. The van der Waals surface area contributed by atoms with E-state index in [0.29, 0.717) is 6.54 Å². The van der Waals surface area contributed by atoms with Crippen molar-refractivity contribution in [3.63, 3.8) is 0 Å². The second kappa shape index (κ2) is 4.94. The minimum atomic E-state index is -1.12. The number of hydrogen-bond acceptors (Lipinski definition) is 3. The molecule has 0 saturated heterocycles. The summed E-state index contributed by atoms with van der Waals surface area (Å²) in [6, 6.07) is 0. The van der Waals surface area contributed by atoms with Crippen LogP contribution in [0.5, 0.6) is 0 Å². The molecule has 88 valence electrons. The molecule has 0 heterocycles. The van der Waals surface area contributed by atoms with E-state index in [2.05, 4.69) is 11.8 Å². The van der Waals surface area contributed by atoms with Gasteiger partial charge in [0.2, 0.25) is 0 Å². The normalized spacial score (nSPS) is 20.3. The van der Waals surface area contributed by atoms with Gasteiger partial charge in [-0.05, 0) is 38.6 Å². The van der Waals surface area contributed by atoms with Crippen LogP contribution < -0.4 is 5.73 Å². The Hall–Kier alpha value is -0.610. The van der Waals surface area contributed by atoms with Crippen molar-refractivity contribution < 1.29 is 9.90 Å². The van der Waals surface area contributed by atoms with Crippen molar-refractivity contribution in [2.75, 3.05) is 19.6 Å². The summed E-state index contributed by atoms with van der Waals surface area (Å²) in [6.45, 7) is 6.09. The molecule has 3 N–H and O–H groups in total. The van der Waals surface area contributed by atoms with Crippen LogP contribution in [0.1, 0.15) is 33.1 Å². The highest BCUT2D eigenvalue weighted by molar-refractivity contribution is 5.78. The molecule has 0 aromatic carbocycles. The Morgan fingerprint density at radius 3 is 2.60 bits per heavy atom. The van der Waals surface area contributed by atoms with E-state index in [4.69, 9.17) is 10.8 Å².